The Morgan fingerprint density at radius 2 is 1.52 bits per heavy atom. The van der Waals surface area contributed by atoms with Crippen LogP contribution in [0.5, 0.6) is 0 Å². The lowest BCUT2D eigenvalue weighted by atomic mass is 9.46. The van der Waals surface area contributed by atoms with Crippen molar-refractivity contribution in [2.24, 2.45) is 17.3 Å². The molecule has 18 nitrogen and oxygen atoms in total. The summed E-state index contributed by atoms with van der Waals surface area (Å²) in [5, 5.41) is 39.0. The summed E-state index contributed by atoms with van der Waals surface area (Å²) < 4.78 is 41.8. The van der Waals surface area contributed by atoms with E-state index < -0.39 is 72.2 Å². The quantitative estimate of drug-likeness (QED) is 0.109. The summed E-state index contributed by atoms with van der Waals surface area (Å²) in [5.41, 5.74) is -0.938. The molecule has 6 aliphatic heterocycles. The molecule has 2 saturated carbocycles. The first-order valence-corrected chi connectivity index (χ1v) is 19.8. The largest absolute Gasteiger partial charge is 0.463 e. The molecule has 308 valence electrons. The second-order valence-electron chi connectivity index (χ2n) is 17.4. The average Bonchev–Trinajstić information content (AvgIpc) is 4.11. The molecule has 0 aromatic heterocycles. The number of hydrogen-bond donors (Lipinski definition) is 4. The van der Waals surface area contributed by atoms with Crippen molar-refractivity contribution >= 4 is 29.7 Å². The molecule has 5 saturated heterocycles. The van der Waals surface area contributed by atoms with Crippen LogP contribution in [0, 0.1) is 17.3 Å². The Bertz CT molecular complexity index is 1750. The number of aliphatic hydroxyl groups excluding tert-OH is 4. The number of epoxide rings is 3. The minimum atomic E-state index is -1.76. The fourth-order valence-electron chi connectivity index (χ4n) is 11.3. The average molecular weight is 791 g/mol. The van der Waals surface area contributed by atoms with Crippen LogP contribution in [0.25, 0.3) is 0 Å². The molecule has 2 amide bonds. The van der Waals surface area contributed by atoms with Gasteiger partial charge < -0.3 is 63.4 Å². The first-order chi connectivity index (χ1) is 26.6. The molecule has 9 rings (SSSR count). The van der Waals surface area contributed by atoms with Gasteiger partial charge in [-0.1, -0.05) is 20.8 Å². The van der Waals surface area contributed by atoms with E-state index in [9.17, 15) is 44.4 Å². The van der Waals surface area contributed by atoms with Crippen molar-refractivity contribution in [1.29, 1.82) is 0 Å². The predicted molar refractivity (Wildman–Crippen MR) is 182 cm³/mol. The first kappa shape index (κ1) is 38.3. The van der Waals surface area contributed by atoms with Crippen LogP contribution >= 0.6 is 0 Å². The summed E-state index contributed by atoms with van der Waals surface area (Å²) in [6.07, 6.45) is -8.14. The van der Waals surface area contributed by atoms with Crippen molar-refractivity contribution in [2.45, 2.75) is 138 Å². The summed E-state index contributed by atoms with van der Waals surface area (Å²) in [4.78, 5) is 67.6. The van der Waals surface area contributed by atoms with Crippen molar-refractivity contribution in [1.82, 2.24) is 9.80 Å². The van der Waals surface area contributed by atoms with Crippen molar-refractivity contribution in [3.8, 4) is 0 Å². The van der Waals surface area contributed by atoms with Gasteiger partial charge in [0.15, 0.2) is 18.0 Å². The maximum atomic E-state index is 13.6. The summed E-state index contributed by atoms with van der Waals surface area (Å²) >= 11 is 0. The van der Waals surface area contributed by atoms with E-state index in [-0.39, 0.29) is 112 Å². The van der Waals surface area contributed by atoms with Gasteiger partial charge in [-0.2, -0.15) is 0 Å². The third-order valence-electron chi connectivity index (χ3n) is 14.5. The lowest BCUT2D eigenvalue weighted by molar-refractivity contribution is -0.287. The second-order valence-corrected chi connectivity index (χ2v) is 17.4. The highest BCUT2D eigenvalue weighted by Gasteiger charge is 3.01. The van der Waals surface area contributed by atoms with Gasteiger partial charge in [-0.15, -0.1) is 0 Å². The van der Waals surface area contributed by atoms with Gasteiger partial charge in [-0.25, -0.2) is 4.79 Å². The molecular formula is C38H50N2O16. The smallest absolute Gasteiger partial charge is 0.334 e. The summed E-state index contributed by atoms with van der Waals surface area (Å²) in [6, 6.07) is 0. The third kappa shape index (κ3) is 5.32. The molecule has 0 aromatic rings. The van der Waals surface area contributed by atoms with Gasteiger partial charge in [0.1, 0.15) is 61.0 Å². The summed E-state index contributed by atoms with van der Waals surface area (Å²) in [5.74, 6) is -2.04. The number of esters is 3. The molecule has 2 unspecified atom stereocenters. The number of rotatable bonds is 10. The maximum absolute atomic E-state index is 13.6. The zero-order chi connectivity index (χ0) is 39.7. The SMILES string of the molecule is CC(C)[C@]12O[C@H]1[C@@H]1O[C@]13[C@]1(O[C@H]1CC1C4=C(CC[C@@]13C)C(=O)OC4)[C@@H]2OC(=O)CCC(=O)N1CCN(C(=O)CCC(=O)OC[C@H]2OC(O)[C@@H](O)[C@@H](O)[C@@H]2O)CC1. The van der Waals surface area contributed by atoms with E-state index in [0.717, 1.165) is 17.6 Å². The van der Waals surface area contributed by atoms with Gasteiger partial charge in [-0.05, 0) is 36.7 Å². The van der Waals surface area contributed by atoms with Crippen LogP contribution in [-0.4, -0.2) is 171 Å². The minimum Gasteiger partial charge on any atom is -0.463 e. The summed E-state index contributed by atoms with van der Waals surface area (Å²) in [7, 11) is 0. The van der Waals surface area contributed by atoms with Gasteiger partial charge >= 0.3 is 17.9 Å². The van der Waals surface area contributed by atoms with E-state index in [0.29, 0.717) is 12.8 Å². The molecule has 6 heterocycles. The Morgan fingerprint density at radius 3 is 2.18 bits per heavy atom. The minimum absolute atomic E-state index is 0.00364. The van der Waals surface area contributed by atoms with Crippen molar-refractivity contribution in [3.05, 3.63) is 11.1 Å². The second kappa shape index (κ2) is 13.1. The van der Waals surface area contributed by atoms with Crippen LogP contribution in [0.2, 0.25) is 0 Å². The standard InChI is InChI=1S/C38H50N2O16/c1-17(2)36-30(55-36)31-38(56-31)35(3)9-8-18-19(15-51-32(18)48)20(35)14-22-37(38,54-22)34(36)53-26(44)7-5-24(42)40-12-10-39(11-13-40)23(41)4-6-25(43)50-16-21-27(45)28(46)29(47)33(49)52-21/h17,20-22,27-31,33-34,45-47,49H,4-16H2,1-3H3/t20?,21-,22+,27-,28+,29+,30+,31+,33?,34-,35+,36+,37-,38-/m1/s1. The number of fused-ring (bicyclic) bond motifs is 4. The molecular weight excluding hydrogens is 740 g/mol. The number of nitrogens with zero attached hydrogens (tertiary/aromatic N) is 2. The molecule has 9 aliphatic rings. The molecule has 0 aromatic carbocycles. The Labute approximate surface area is 322 Å². The Morgan fingerprint density at radius 1 is 0.857 bits per heavy atom. The van der Waals surface area contributed by atoms with Gasteiger partial charge in [0, 0.05) is 50.0 Å². The number of aliphatic hydroxyl groups is 4. The zero-order valence-electron chi connectivity index (χ0n) is 31.6. The zero-order valence-corrected chi connectivity index (χ0v) is 31.6. The van der Waals surface area contributed by atoms with E-state index in [1.165, 1.54) is 0 Å². The van der Waals surface area contributed by atoms with E-state index in [4.69, 9.17) is 33.2 Å². The van der Waals surface area contributed by atoms with Gasteiger partial charge in [0.25, 0.3) is 0 Å². The van der Waals surface area contributed by atoms with E-state index in [1.807, 2.05) is 13.8 Å². The van der Waals surface area contributed by atoms with Crippen molar-refractivity contribution < 1.29 is 77.6 Å². The van der Waals surface area contributed by atoms with Crippen LogP contribution in [0.4, 0.5) is 0 Å². The molecule has 4 N–H and O–H groups in total. The number of amides is 2. The van der Waals surface area contributed by atoms with E-state index >= 15 is 0 Å². The fraction of sp³-hybridized carbons (Fsp3) is 0.816. The Kier molecular flexibility index (Phi) is 8.99. The molecule has 14 atom stereocenters. The van der Waals surface area contributed by atoms with E-state index in [1.54, 1.807) is 9.80 Å². The van der Waals surface area contributed by atoms with Crippen LogP contribution in [0.15, 0.2) is 11.1 Å². The Balaban J connectivity index is 0.763. The van der Waals surface area contributed by atoms with Crippen LogP contribution < -0.4 is 0 Å². The molecule has 7 fully saturated rings. The molecule has 2 spiro atoms. The van der Waals surface area contributed by atoms with Gasteiger partial charge in [-0.3, -0.25) is 19.2 Å². The van der Waals surface area contributed by atoms with Crippen molar-refractivity contribution in [3.63, 3.8) is 0 Å². The number of carbonyl (C=O) groups excluding carboxylic acids is 5. The summed E-state index contributed by atoms with van der Waals surface area (Å²) in [6.45, 7) is 7.07. The molecule has 56 heavy (non-hydrogen) atoms. The van der Waals surface area contributed by atoms with Crippen LogP contribution in [0.1, 0.15) is 65.7 Å². The number of hydrogen-bond acceptors (Lipinski definition) is 16. The highest BCUT2D eigenvalue weighted by Crippen LogP contribution is 2.83. The van der Waals surface area contributed by atoms with Crippen molar-refractivity contribution in [2.75, 3.05) is 39.4 Å². The predicted octanol–water partition coefficient (Wildman–Crippen LogP) is -1.77. The topological polar surface area (TPSA) is 247 Å². The Hall–Kier alpha value is -3.23. The highest BCUT2D eigenvalue weighted by molar-refractivity contribution is 5.92. The van der Waals surface area contributed by atoms with Crippen LogP contribution in [0.3, 0.4) is 0 Å². The monoisotopic (exact) mass is 790 g/mol. The fourth-order valence-corrected chi connectivity index (χ4v) is 11.3. The number of ether oxygens (including phenoxy) is 7. The third-order valence-corrected chi connectivity index (χ3v) is 14.5. The van der Waals surface area contributed by atoms with Crippen LogP contribution in [-0.2, 0) is 57.1 Å². The number of carbonyl (C=O) groups is 5. The number of piperazine rings is 1. The molecule has 0 bridgehead atoms. The highest BCUT2D eigenvalue weighted by atomic mass is 16.8. The molecule has 3 aliphatic carbocycles. The molecule has 18 heteroatoms. The molecule has 0 radical (unpaired) electrons. The number of cyclic esters (lactones) is 1. The van der Waals surface area contributed by atoms with Gasteiger partial charge in [0.2, 0.25) is 11.8 Å². The van der Waals surface area contributed by atoms with E-state index in [2.05, 4.69) is 6.92 Å². The maximum Gasteiger partial charge on any atom is 0.334 e. The lowest BCUT2D eigenvalue weighted by Crippen LogP contribution is -2.70. The lowest BCUT2D eigenvalue weighted by Gasteiger charge is -2.53. The first-order valence-electron chi connectivity index (χ1n) is 19.8. The van der Waals surface area contributed by atoms with Gasteiger partial charge in [0.05, 0.1) is 18.9 Å². The normalized spacial score (nSPS) is 45.3.